The van der Waals surface area contributed by atoms with Gasteiger partial charge in [-0.05, 0) is 31.6 Å². The van der Waals surface area contributed by atoms with Gasteiger partial charge in [0.2, 0.25) is 0 Å². The Bertz CT molecular complexity index is 275. The predicted octanol–water partition coefficient (Wildman–Crippen LogP) is 0.306. The molecule has 0 amide bonds. The Hall–Kier alpha value is -1.14. The van der Waals surface area contributed by atoms with Gasteiger partial charge in [-0.2, -0.15) is 0 Å². The second-order valence-electron chi connectivity index (χ2n) is 4.51. The minimum atomic E-state index is -1.15. The number of ether oxygens (including phenoxy) is 1. The highest BCUT2D eigenvalue weighted by Gasteiger charge is 2.28. The summed E-state index contributed by atoms with van der Waals surface area (Å²) < 4.78 is 5.19. The quantitative estimate of drug-likeness (QED) is 0.621. The highest BCUT2D eigenvalue weighted by molar-refractivity contribution is 5.75. The van der Waals surface area contributed by atoms with Gasteiger partial charge in [0.15, 0.2) is 0 Å². The van der Waals surface area contributed by atoms with E-state index in [0.717, 1.165) is 12.8 Å². The van der Waals surface area contributed by atoms with E-state index >= 15 is 0 Å². The number of nitrogens with two attached hydrogens (primary N) is 1. The molecule has 0 aromatic carbocycles. The van der Waals surface area contributed by atoms with Gasteiger partial charge in [-0.1, -0.05) is 0 Å². The van der Waals surface area contributed by atoms with Crippen LogP contribution in [0.3, 0.4) is 0 Å². The van der Waals surface area contributed by atoms with E-state index in [-0.39, 0.29) is 6.42 Å². The average Bonchev–Trinajstić information content (AvgIpc) is 2.29. The second-order valence-corrected chi connectivity index (χ2v) is 4.51. The first kappa shape index (κ1) is 13.9. The fourth-order valence-electron chi connectivity index (χ4n) is 2.09. The van der Waals surface area contributed by atoms with Crippen LogP contribution in [0.2, 0.25) is 0 Å². The lowest BCUT2D eigenvalue weighted by Crippen LogP contribution is -2.35. The summed E-state index contributed by atoms with van der Waals surface area (Å²) in [4.78, 5) is 21.7. The van der Waals surface area contributed by atoms with Crippen molar-refractivity contribution in [3.8, 4) is 0 Å². The Morgan fingerprint density at radius 3 is 2.29 bits per heavy atom. The Labute approximate surface area is 99.7 Å². The molecule has 1 rings (SSSR count). The number of rotatable bonds is 6. The number of hydrogen-bond acceptors (Lipinski definition) is 4. The van der Waals surface area contributed by atoms with Gasteiger partial charge in [0.1, 0.15) is 6.04 Å². The van der Waals surface area contributed by atoms with E-state index in [1.165, 1.54) is 0 Å². The molecule has 1 aliphatic heterocycles. The van der Waals surface area contributed by atoms with Gasteiger partial charge >= 0.3 is 11.9 Å². The molecule has 0 unspecified atom stereocenters. The van der Waals surface area contributed by atoms with Crippen LogP contribution in [0.4, 0.5) is 0 Å². The number of carboxylic acids is 2. The second kappa shape index (κ2) is 6.56. The topological polar surface area (TPSA) is 110 Å². The molecule has 0 aromatic rings. The molecule has 0 saturated carbocycles. The lowest BCUT2D eigenvalue weighted by atomic mass is 9.86. The molecule has 0 bridgehead atoms. The fourth-order valence-corrected chi connectivity index (χ4v) is 2.09. The molecule has 0 aromatic heterocycles. The van der Waals surface area contributed by atoms with Gasteiger partial charge in [0.05, 0.1) is 5.92 Å². The number of hydrogen-bond donors (Lipinski definition) is 3. The van der Waals surface area contributed by atoms with Crippen LogP contribution in [0.25, 0.3) is 0 Å². The zero-order valence-corrected chi connectivity index (χ0v) is 9.67. The van der Waals surface area contributed by atoms with E-state index < -0.39 is 23.9 Å². The smallest absolute Gasteiger partial charge is 0.320 e. The van der Waals surface area contributed by atoms with Gasteiger partial charge in [0, 0.05) is 13.2 Å². The van der Waals surface area contributed by atoms with Crippen LogP contribution < -0.4 is 5.73 Å². The molecule has 1 aliphatic rings. The maximum Gasteiger partial charge on any atom is 0.320 e. The maximum absolute atomic E-state index is 11.1. The highest BCUT2D eigenvalue weighted by atomic mass is 16.5. The molecule has 1 fully saturated rings. The monoisotopic (exact) mass is 245 g/mol. The van der Waals surface area contributed by atoms with Gasteiger partial charge < -0.3 is 20.7 Å². The van der Waals surface area contributed by atoms with E-state index in [9.17, 15) is 9.59 Å². The lowest BCUT2D eigenvalue weighted by Gasteiger charge is -2.25. The van der Waals surface area contributed by atoms with Crippen LogP contribution in [0, 0.1) is 11.8 Å². The lowest BCUT2D eigenvalue weighted by molar-refractivity contribution is -0.144. The highest BCUT2D eigenvalue weighted by Crippen LogP contribution is 2.25. The Morgan fingerprint density at radius 2 is 1.82 bits per heavy atom. The van der Waals surface area contributed by atoms with Gasteiger partial charge in [-0.15, -0.1) is 0 Å². The number of aliphatic carboxylic acids is 2. The van der Waals surface area contributed by atoms with Crippen molar-refractivity contribution in [1.82, 2.24) is 0 Å². The van der Waals surface area contributed by atoms with Crippen LogP contribution in [-0.4, -0.2) is 41.4 Å². The van der Waals surface area contributed by atoms with Crippen molar-refractivity contribution in [2.75, 3.05) is 13.2 Å². The van der Waals surface area contributed by atoms with Crippen LogP contribution in [-0.2, 0) is 14.3 Å². The van der Waals surface area contributed by atoms with E-state index in [0.29, 0.717) is 25.6 Å². The summed E-state index contributed by atoms with van der Waals surface area (Å²) >= 11 is 0. The molecule has 98 valence electrons. The summed E-state index contributed by atoms with van der Waals surface area (Å²) in [6.45, 7) is 1.31. The molecular formula is C11H19NO5. The molecule has 6 heteroatoms. The molecular weight excluding hydrogens is 226 g/mol. The third kappa shape index (κ3) is 4.70. The zero-order chi connectivity index (χ0) is 12.8. The third-order valence-electron chi connectivity index (χ3n) is 3.16. The number of carboxylic acid groups (broad SMARTS) is 2. The van der Waals surface area contributed by atoms with Crippen molar-refractivity contribution in [3.05, 3.63) is 0 Å². The molecule has 0 spiro atoms. The summed E-state index contributed by atoms with van der Waals surface area (Å²) in [5.74, 6) is -2.49. The van der Waals surface area contributed by atoms with E-state index in [1.807, 2.05) is 0 Å². The molecule has 6 nitrogen and oxygen atoms in total. The molecule has 0 aliphatic carbocycles. The summed E-state index contributed by atoms with van der Waals surface area (Å²) in [5.41, 5.74) is 5.37. The fraction of sp³-hybridized carbons (Fsp3) is 0.818. The summed E-state index contributed by atoms with van der Waals surface area (Å²) in [5, 5.41) is 17.7. The van der Waals surface area contributed by atoms with E-state index in [2.05, 4.69) is 0 Å². The minimum Gasteiger partial charge on any atom is -0.481 e. The van der Waals surface area contributed by atoms with Crippen molar-refractivity contribution in [1.29, 1.82) is 0 Å². The molecule has 1 saturated heterocycles. The summed E-state index contributed by atoms with van der Waals surface area (Å²) in [6.07, 6.45) is 2.15. The van der Waals surface area contributed by atoms with E-state index in [4.69, 9.17) is 20.7 Å². The molecule has 17 heavy (non-hydrogen) atoms. The van der Waals surface area contributed by atoms with E-state index in [1.54, 1.807) is 0 Å². The van der Waals surface area contributed by atoms with Gasteiger partial charge in [-0.3, -0.25) is 9.59 Å². The first-order valence-electron chi connectivity index (χ1n) is 5.79. The number of carbonyl (C=O) groups is 2. The maximum atomic E-state index is 11.1. The van der Waals surface area contributed by atoms with Crippen molar-refractivity contribution < 1.29 is 24.5 Å². The molecule has 4 N–H and O–H groups in total. The van der Waals surface area contributed by atoms with Crippen LogP contribution in [0.1, 0.15) is 25.7 Å². The van der Waals surface area contributed by atoms with Crippen LogP contribution in [0.15, 0.2) is 0 Å². The van der Waals surface area contributed by atoms with Crippen molar-refractivity contribution in [2.24, 2.45) is 17.6 Å². The summed E-state index contributed by atoms with van der Waals surface area (Å²) in [7, 11) is 0. The Kier molecular flexibility index (Phi) is 5.37. The normalized spacial score (nSPS) is 20.8. The average molecular weight is 245 g/mol. The van der Waals surface area contributed by atoms with Crippen LogP contribution in [0.5, 0.6) is 0 Å². The summed E-state index contributed by atoms with van der Waals surface area (Å²) in [6, 6.07) is -1.10. The van der Waals surface area contributed by atoms with Gasteiger partial charge in [0.25, 0.3) is 0 Å². The standard InChI is InChI=1S/C11H19NO5/c12-9(11(15)16)6-8(10(13)14)5-7-1-3-17-4-2-7/h7-9H,1-6,12H2,(H,13,14)(H,15,16)/t8-,9-/m1/s1. The predicted molar refractivity (Wildman–Crippen MR) is 59.5 cm³/mol. The van der Waals surface area contributed by atoms with Gasteiger partial charge in [-0.25, -0.2) is 0 Å². The Balaban J connectivity index is 2.47. The van der Waals surface area contributed by atoms with Crippen LogP contribution >= 0.6 is 0 Å². The zero-order valence-electron chi connectivity index (χ0n) is 9.67. The SMILES string of the molecule is N[C@H](C[C@@H](CC1CCOCC1)C(=O)O)C(=O)O. The largest absolute Gasteiger partial charge is 0.481 e. The minimum absolute atomic E-state index is 0.0119. The van der Waals surface area contributed by atoms with Crippen molar-refractivity contribution in [3.63, 3.8) is 0 Å². The van der Waals surface area contributed by atoms with Crippen molar-refractivity contribution in [2.45, 2.75) is 31.7 Å². The van der Waals surface area contributed by atoms with Crippen molar-refractivity contribution >= 4 is 11.9 Å². The molecule has 1 heterocycles. The first-order valence-corrected chi connectivity index (χ1v) is 5.79. The molecule has 2 atom stereocenters. The molecule has 0 radical (unpaired) electrons. The Morgan fingerprint density at radius 1 is 1.24 bits per heavy atom. The third-order valence-corrected chi connectivity index (χ3v) is 3.16. The first-order chi connectivity index (χ1) is 8.00.